The fourth-order valence-electron chi connectivity index (χ4n) is 3.05. The van der Waals surface area contributed by atoms with E-state index >= 15 is 0 Å². The molecular weight excluding hydrogens is 224 g/mol. The summed E-state index contributed by atoms with van der Waals surface area (Å²) in [4.78, 5) is 2.43. The molecule has 1 saturated carbocycles. The molecule has 0 amide bonds. The van der Waals surface area contributed by atoms with Crippen molar-refractivity contribution in [2.75, 3.05) is 32.8 Å². The number of aliphatic hydroxyl groups is 1. The van der Waals surface area contributed by atoms with Gasteiger partial charge in [0.1, 0.15) is 0 Å². The van der Waals surface area contributed by atoms with E-state index in [1.54, 1.807) is 0 Å². The smallest absolute Gasteiger partial charge is 0.0613 e. The lowest BCUT2D eigenvalue weighted by Crippen LogP contribution is -2.52. The summed E-state index contributed by atoms with van der Waals surface area (Å²) in [6.45, 7) is 11.3. The number of rotatable bonds is 8. The highest BCUT2D eigenvalue weighted by Crippen LogP contribution is 2.33. The highest BCUT2D eigenvalue weighted by molar-refractivity contribution is 4.92. The third-order valence-electron chi connectivity index (χ3n) is 4.76. The third-order valence-corrected chi connectivity index (χ3v) is 4.76. The molecular formula is C15H32N2O. The van der Waals surface area contributed by atoms with Crippen molar-refractivity contribution in [2.24, 2.45) is 5.92 Å². The van der Waals surface area contributed by atoms with Gasteiger partial charge in [-0.3, -0.25) is 0 Å². The first kappa shape index (κ1) is 15.9. The minimum atomic E-state index is 0.0127. The SMILES string of the molecule is CCC1CCC(CO)(NCCN(CC)CC)CC1. The molecule has 108 valence electrons. The van der Waals surface area contributed by atoms with Crippen LogP contribution in [-0.4, -0.2) is 48.3 Å². The number of hydrogen-bond acceptors (Lipinski definition) is 3. The van der Waals surface area contributed by atoms with Crippen LogP contribution in [0.25, 0.3) is 0 Å². The second-order valence-corrected chi connectivity index (χ2v) is 5.74. The molecule has 3 heteroatoms. The van der Waals surface area contributed by atoms with Crippen LogP contribution in [0.2, 0.25) is 0 Å². The van der Waals surface area contributed by atoms with Gasteiger partial charge in [-0.15, -0.1) is 0 Å². The monoisotopic (exact) mass is 256 g/mol. The van der Waals surface area contributed by atoms with Gasteiger partial charge in [-0.05, 0) is 44.7 Å². The molecule has 18 heavy (non-hydrogen) atoms. The topological polar surface area (TPSA) is 35.5 Å². The van der Waals surface area contributed by atoms with Gasteiger partial charge in [0.2, 0.25) is 0 Å². The Morgan fingerprint density at radius 3 is 2.22 bits per heavy atom. The van der Waals surface area contributed by atoms with Crippen molar-refractivity contribution in [3.63, 3.8) is 0 Å². The Kier molecular flexibility index (Phi) is 7.20. The third kappa shape index (κ3) is 4.52. The highest BCUT2D eigenvalue weighted by Gasteiger charge is 2.33. The largest absolute Gasteiger partial charge is 0.394 e. The van der Waals surface area contributed by atoms with Gasteiger partial charge in [0.15, 0.2) is 0 Å². The summed E-state index contributed by atoms with van der Waals surface area (Å²) in [6, 6.07) is 0. The van der Waals surface area contributed by atoms with Crippen molar-refractivity contribution in [1.29, 1.82) is 0 Å². The fraction of sp³-hybridized carbons (Fsp3) is 1.00. The summed E-state index contributed by atoms with van der Waals surface area (Å²) in [6.07, 6.45) is 6.12. The van der Waals surface area contributed by atoms with Crippen molar-refractivity contribution in [1.82, 2.24) is 10.2 Å². The number of likely N-dealkylation sites (N-methyl/N-ethyl adjacent to an activating group) is 1. The van der Waals surface area contributed by atoms with Gasteiger partial charge < -0.3 is 15.3 Å². The van der Waals surface area contributed by atoms with Crippen molar-refractivity contribution in [2.45, 2.75) is 58.4 Å². The first-order valence-electron chi connectivity index (χ1n) is 7.78. The summed E-state index contributed by atoms with van der Waals surface area (Å²) in [5.41, 5.74) is 0.0127. The molecule has 0 bridgehead atoms. The standard InChI is InChI=1S/C15H32N2O/c1-4-14-7-9-15(13-18,10-8-14)16-11-12-17(5-2)6-3/h14,16,18H,4-13H2,1-3H3. The van der Waals surface area contributed by atoms with Gasteiger partial charge in [-0.1, -0.05) is 27.2 Å². The van der Waals surface area contributed by atoms with Crippen molar-refractivity contribution in [3.05, 3.63) is 0 Å². The molecule has 1 aliphatic rings. The predicted octanol–water partition coefficient (Wildman–Crippen LogP) is 2.25. The van der Waals surface area contributed by atoms with E-state index in [0.29, 0.717) is 6.61 Å². The fourth-order valence-corrected chi connectivity index (χ4v) is 3.05. The molecule has 0 radical (unpaired) electrons. The summed E-state index contributed by atoms with van der Waals surface area (Å²) < 4.78 is 0. The van der Waals surface area contributed by atoms with Gasteiger partial charge in [0.05, 0.1) is 6.61 Å². The molecule has 0 atom stereocenters. The Bertz CT molecular complexity index is 209. The summed E-state index contributed by atoms with van der Waals surface area (Å²) in [5, 5.41) is 13.3. The van der Waals surface area contributed by atoms with Crippen LogP contribution in [0.15, 0.2) is 0 Å². The van der Waals surface area contributed by atoms with Gasteiger partial charge in [0.25, 0.3) is 0 Å². The molecule has 3 nitrogen and oxygen atoms in total. The molecule has 0 unspecified atom stereocenters. The molecule has 0 spiro atoms. The molecule has 0 aliphatic heterocycles. The van der Waals surface area contributed by atoms with E-state index in [4.69, 9.17) is 0 Å². The predicted molar refractivity (Wildman–Crippen MR) is 77.9 cm³/mol. The van der Waals surface area contributed by atoms with Gasteiger partial charge in [-0.2, -0.15) is 0 Å². The average Bonchev–Trinajstić information content (AvgIpc) is 2.44. The van der Waals surface area contributed by atoms with Crippen molar-refractivity contribution in [3.8, 4) is 0 Å². The Morgan fingerprint density at radius 1 is 1.17 bits per heavy atom. The molecule has 0 aromatic heterocycles. The first-order valence-corrected chi connectivity index (χ1v) is 7.78. The number of nitrogens with zero attached hydrogens (tertiary/aromatic N) is 1. The zero-order valence-electron chi connectivity index (χ0n) is 12.5. The molecule has 1 fully saturated rings. The maximum absolute atomic E-state index is 9.70. The Labute approximate surface area is 113 Å². The molecule has 0 aromatic rings. The quantitative estimate of drug-likeness (QED) is 0.699. The first-order chi connectivity index (χ1) is 8.69. The van der Waals surface area contributed by atoms with Crippen LogP contribution in [0.1, 0.15) is 52.9 Å². The molecule has 1 aliphatic carbocycles. The summed E-state index contributed by atoms with van der Waals surface area (Å²) in [7, 11) is 0. The second-order valence-electron chi connectivity index (χ2n) is 5.74. The van der Waals surface area contributed by atoms with Crippen LogP contribution in [0, 0.1) is 5.92 Å². The number of hydrogen-bond donors (Lipinski definition) is 2. The molecule has 0 heterocycles. The maximum atomic E-state index is 9.70. The van der Waals surface area contributed by atoms with E-state index in [-0.39, 0.29) is 5.54 Å². The van der Waals surface area contributed by atoms with Gasteiger partial charge >= 0.3 is 0 Å². The summed E-state index contributed by atoms with van der Waals surface area (Å²) in [5.74, 6) is 0.884. The van der Waals surface area contributed by atoms with Crippen LogP contribution in [0.3, 0.4) is 0 Å². The molecule has 0 saturated heterocycles. The lowest BCUT2D eigenvalue weighted by molar-refractivity contribution is 0.0983. The minimum Gasteiger partial charge on any atom is -0.394 e. The Morgan fingerprint density at radius 2 is 1.78 bits per heavy atom. The van der Waals surface area contributed by atoms with E-state index in [2.05, 4.69) is 31.0 Å². The molecule has 2 N–H and O–H groups in total. The van der Waals surface area contributed by atoms with E-state index < -0.39 is 0 Å². The lowest BCUT2D eigenvalue weighted by Gasteiger charge is -2.40. The van der Waals surface area contributed by atoms with E-state index in [1.807, 2.05) is 0 Å². The van der Waals surface area contributed by atoms with E-state index in [1.165, 1.54) is 19.3 Å². The zero-order chi connectivity index (χ0) is 13.4. The highest BCUT2D eigenvalue weighted by atomic mass is 16.3. The second kappa shape index (κ2) is 8.13. The Hall–Kier alpha value is -0.120. The van der Waals surface area contributed by atoms with Crippen LogP contribution >= 0.6 is 0 Å². The summed E-state index contributed by atoms with van der Waals surface area (Å²) >= 11 is 0. The Balaban J connectivity index is 2.33. The van der Waals surface area contributed by atoms with Crippen LogP contribution in [-0.2, 0) is 0 Å². The van der Waals surface area contributed by atoms with E-state index in [0.717, 1.165) is 44.9 Å². The van der Waals surface area contributed by atoms with Crippen LogP contribution in [0.4, 0.5) is 0 Å². The van der Waals surface area contributed by atoms with E-state index in [9.17, 15) is 5.11 Å². The number of nitrogens with one attached hydrogen (secondary N) is 1. The number of aliphatic hydroxyl groups excluding tert-OH is 1. The normalized spacial score (nSPS) is 28.8. The average molecular weight is 256 g/mol. The molecule has 1 rings (SSSR count). The van der Waals surface area contributed by atoms with Crippen molar-refractivity contribution < 1.29 is 5.11 Å². The van der Waals surface area contributed by atoms with Crippen molar-refractivity contribution >= 4 is 0 Å². The maximum Gasteiger partial charge on any atom is 0.0613 e. The lowest BCUT2D eigenvalue weighted by atomic mass is 9.76. The van der Waals surface area contributed by atoms with Gasteiger partial charge in [-0.25, -0.2) is 0 Å². The zero-order valence-corrected chi connectivity index (χ0v) is 12.5. The minimum absolute atomic E-state index is 0.0127. The van der Waals surface area contributed by atoms with Crippen LogP contribution < -0.4 is 5.32 Å². The molecule has 0 aromatic carbocycles. The van der Waals surface area contributed by atoms with Crippen LogP contribution in [0.5, 0.6) is 0 Å². The van der Waals surface area contributed by atoms with Gasteiger partial charge in [0, 0.05) is 18.6 Å².